The number of para-hydroxylation sites is 1. The van der Waals surface area contributed by atoms with E-state index in [2.05, 4.69) is 134 Å². The molecule has 0 saturated carbocycles. The third kappa shape index (κ3) is 2.45. The van der Waals surface area contributed by atoms with Crippen LogP contribution in [0.15, 0.2) is 115 Å². The topological polar surface area (TPSA) is 4.93 Å². The number of benzene rings is 6. The maximum Gasteiger partial charge on any atom is 0.0544 e. The van der Waals surface area contributed by atoms with Gasteiger partial charge in [-0.3, -0.25) is 0 Å². The monoisotopic (exact) mass is 459 g/mol. The summed E-state index contributed by atoms with van der Waals surface area (Å²) in [5.41, 5.74) is 9.29. The van der Waals surface area contributed by atoms with Crippen LogP contribution >= 0.6 is 0 Å². The first-order valence-electron chi connectivity index (χ1n) is 12.7. The van der Waals surface area contributed by atoms with E-state index in [1.807, 2.05) is 0 Å². The van der Waals surface area contributed by atoms with Crippen LogP contribution in [0.3, 0.4) is 0 Å². The van der Waals surface area contributed by atoms with Crippen molar-refractivity contribution in [2.45, 2.75) is 19.3 Å². The molecule has 0 saturated heterocycles. The summed E-state index contributed by atoms with van der Waals surface area (Å²) in [4.78, 5) is 0. The summed E-state index contributed by atoms with van der Waals surface area (Å²) in [5.74, 6) is 0. The molecule has 0 N–H and O–H groups in total. The third-order valence-electron chi connectivity index (χ3n) is 8.34. The third-order valence-corrected chi connectivity index (χ3v) is 8.34. The fourth-order valence-electron chi connectivity index (χ4n) is 6.74. The van der Waals surface area contributed by atoms with Crippen LogP contribution in [0.25, 0.3) is 60.2 Å². The minimum Gasteiger partial charge on any atom is -0.309 e. The molecule has 1 heterocycles. The van der Waals surface area contributed by atoms with Crippen molar-refractivity contribution in [2.24, 2.45) is 0 Å². The van der Waals surface area contributed by atoms with Gasteiger partial charge in [0.25, 0.3) is 0 Å². The minimum atomic E-state index is -0.0556. The van der Waals surface area contributed by atoms with Crippen molar-refractivity contribution >= 4 is 43.4 Å². The van der Waals surface area contributed by atoms with E-state index in [9.17, 15) is 0 Å². The molecule has 0 spiro atoms. The second kappa shape index (κ2) is 6.86. The first-order chi connectivity index (χ1) is 17.6. The highest BCUT2D eigenvalue weighted by Gasteiger charge is 2.37. The SMILES string of the molecule is CC1(C)c2ccccc2-c2ccc3c(c21)c1ccccc1n3-c1ccc2ccc3ccccc3c2c1. The van der Waals surface area contributed by atoms with Crippen LogP contribution in [0.1, 0.15) is 25.0 Å². The van der Waals surface area contributed by atoms with Crippen LogP contribution < -0.4 is 0 Å². The Morgan fingerprint density at radius 3 is 2.11 bits per heavy atom. The molecule has 36 heavy (non-hydrogen) atoms. The molecule has 0 atom stereocenters. The van der Waals surface area contributed by atoms with Gasteiger partial charge in [0, 0.05) is 21.9 Å². The van der Waals surface area contributed by atoms with Crippen LogP contribution in [0, 0.1) is 0 Å². The van der Waals surface area contributed by atoms with Crippen LogP contribution in [0.2, 0.25) is 0 Å². The maximum atomic E-state index is 2.46. The van der Waals surface area contributed by atoms with Crippen molar-refractivity contribution in [3.05, 3.63) is 126 Å². The van der Waals surface area contributed by atoms with Crippen LogP contribution in [0.5, 0.6) is 0 Å². The molecule has 170 valence electrons. The van der Waals surface area contributed by atoms with Gasteiger partial charge in [-0.2, -0.15) is 0 Å². The molecule has 0 fully saturated rings. The number of rotatable bonds is 1. The lowest BCUT2D eigenvalue weighted by Gasteiger charge is -2.22. The van der Waals surface area contributed by atoms with Gasteiger partial charge in [-0.1, -0.05) is 105 Å². The largest absolute Gasteiger partial charge is 0.309 e. The Morgan fingerprint density at radius 1 is 0.528 bits per heavy atom. The van der Waals surface area contributed by atoms with Crippen molar-refractivity contribution in [2.75, 3.05) is 0 Å². The highest BCUT2D eigenvalue weighted by atomic mass is 15.0. The Balaban J connectivity index is 1.51. The predicted molar refractivity (Wildman–Crippen MR) is 153 cm³/mol. The molecule has 0 aliphatic heterocycles. The fourth-order valence-corrected chi connectivity index (χ4v) is 6.74. The lowest BCUT2D eigenvalue weighted by Crippen LogP contribution is -2.15. The molecule has 0 unspecified atom stereocenters. The molecule has 0 amide bonds. The van der Waals surface area contributed by atoms with E-state index in [0.717, 1.165) is 0 Å². The molecule has 1 nitrogen and oxygen atoms in total. The summed E-state index contributed by atoms with van der Waals surface area (Å²) < 4.78 is 2.46. The van der Waals surface area contributed by atoms with Gasteiger partial charge in [-0.25, -0.2) is 0 Å². The van der Waals surface area contributed by atoms with E-state index < -0.39 is 0 Å². The summed E-state index contributed by atoms with van der Waals surface area (Å²) >= 11 is 0. The standard InChI is InChI=1S/C35H25N/c1-35(2)30-13-7-5-11-26(30)27-19-20-32-33(34(27)35)28-12-6-8-14-31(28)36(32)24-18-17-23-16-15-22-9-3-4-10-25(22)29(23)21-24/h3-21H,1-2H3. The Morgan fingerprint density at radius 2 is 1.22 bits per heavy atom. The summed E-state index contributed by atoms with van der Waals surface area (Å²) in [6.07, 6.45) is 0. The molecule has 1 aliphatic carbocycles. The number of fused-ring (bicyclic) bond motifs is 10. The zero-order valence-corrected chi connectivity index (χ0v) is 20.4. The molecule has 0 bridgehead atoms. The quantitative estimate of drug-likeness (QED) is 0.215. The zero-order chi connectivity index (χ0) is 24.0. The smallest absolute Gasteiger partial charge is 0.0544 e. The number of hydrogen-bond donors (Lipinski definition) is 0. The Bertz CT molecular complexity index is 2020. The highest BCUT2D eigenvalue weighted by Crippen LogP contribution is 2.53. The van der Waals surface area contributed by atoms with E-state index in [-0.39, 0.29) is 5.41 Å². The van der Waals surface area contributed by atoms with Crippen molar-refractivity contribution in [3.8, 4) is 16.8 Å². The predicted octanol–water partition coefficient (Wildman–Crippen LogP) is 9.40. The Labute approximate surface area is 210 Å². The number of hydrogen-bond acceptors (Lipinski definition) is 0. The van der Waals surface area contributed by atoms with Crippen LogP contribution in [-0.4, -0.2) is 4.57 Å². The Hall–Kier alpha value is -4.36. The second-order valence-corrected chi connectivity index (χ2v) is 10.6. The molecular formula is C35H25N. The van der Waals surface area contributed by atoms with E-state index in [1.165, 1.54) is 71.3 Å². The number of aromatic nitrogens is 1. The molecule has 0 radical (unpaired) electrons. The van der Waals surface area contributed by atoms with E-state index in [1.54, 1.807) is 0 Å². The average molecular weight is 460 g/mol. The molecule has 7 aromatic rings. The second-order valence-electron chi connectivity index (χ2n) is 10.6. The van der Waals surface area contributed by atoms with E-state index >= 15 is 0 Å². The average Bonchev–Trinajstić information content (AvgIpc) is 3.37. The van der Waals surface area contributed by atoms with Crippen molar-refractivity contribution in [1.29, 1.82) is 0 Å². The molecule has 6 aromatic carbocycles. The lowest BCUT2D eigenvalue weighted by molar-refractivity contribution is 0.666. The molecular weight excluding hydrogens is 434 g/mol. The van der Waals surface area contributed by atoms with Crippen molar-refractivity contribution in [1.82, 2.24) is 4.57 Å². The first-order valence-corrected chi connectivity index (χ1v) is 12.7. The molecule has 1 aromatic heterocycles. The number of nitrogens with zero attached hydrogens (tertiary/aromatic N) is 1. The van der Waals surface area contributed by atoms with Gasteiger partial charge in [0.2, 0.25) is 0 Å². The van der Waals surface area contributed by atoms with Gasteiger partial charge in [-0.05, 0) is 68.1 Å². The van der Waals surface area contributed by atoms with Crippen molar-refractivity contribution in [3.63, 3.8) is 0 Å². The summed E-state index contributed by atoms with van der Waals surface area (Å²) in [7, 11) is 0. The van der Waals surface area contributed by atoms with Gasteiger partial charge in [0.15, 0.2) is 0 Å². The normalized spacial score (nSPS) is 14.1. The molecule has 1 aliphatic rings. The van der Waals surface area contributed by atoms with Crippen LogP contribution in [-0.2, 0) is 5.41 Å². The molecule has 1 heteroatoms. The van der Waals surface area contributed by atoms with Gasteiger partial charge in [0.05, 0.1) is 11.0 Å². The lowest BCUT2D eigenvalue weighted by atomic mass is 9.80. The first kappa shape index (κ1) is 19.9. The van der Waals surface area contributed by atoms with Crippen LogP contribution in [0.4, 0.5) is 0 Å². The van der Waals surface area contributed by atoms with Gasteiger partial charge in [0.1, 0.15) is 0 Å². The molecule has 8 rings (SSSR count). The summed E-state index contributed by atoms with van der Waals surface area (Å²) in [6.45, 7) is 4.76. The summed E-state index contributed by atoms with van der Waals surface area (Å²) in [5, 5.41) is 7.85. The Kier molecular flexibility index (Phi) is 3.79. The maximum absolute atomic E-state index is 2.46. The zero-order valence-electron chi connectivity index (χ0n) is 20.4. The van der Waals surface area contributed by atoms with Crippen molar-refractivity contribution < 1.29 is 0 Å². The van der Waals surface area contributed by atoms with Gasteiger partial charge >= 0.3 is 0 Å². The fraction of sp³-hybridized carbons (Fsp3) is 0.0857. The van der Waals surface area contributed by atoms with E-state index in [0.29, 0.717) is 0 Å². The summed E-state index contributed by atoms with van der Waals surface area (Å²) in [6, 6.07) is 42.6. The highest BCUT2D eigenvalue weighted by molar-refractivity contribution is 6.15. The van der Waals surface area contributed by atoms with Gasteiger partial charge < -0.3 is 4.57 Å². The van der Waals surface area contributed by atoms with Gasteiger partial charge in [-0.15, -0.1) is 0 Å². The minimum absolute atomic E-state index is 0.0556. The van der Waals surface area contributed by atoms with E-state index in [4.69, 9.17) is 0 Å².